The standard InChI is InChI=1S/C18H15N5O2/c1-12-16(18-21-20-17(25-18)13-8-4-3-5-9-13)19-22-23(12)14-10-6-7-11-15(14)24-2/h3-11H,1-2H3. The van der Waals surface area contributed by atoms with Gasteiger partial charge in [-0.2, -0.15) is 0 Å². The molecule has 0 spiro atoms. The van der Waals surface area contributed by atoms with Gasteiger partial charge in [-0.25, -0.2) is 4.68 Å². The molecule has 0 radical (unpaired) electrons. The summed E-state index contributed by atoms with van der Waals surface area (Å²) in [7, 11) is 1.62. The molecule has 4 aromatic rings. The van der Waals surface area contributed by atoms with Crippen molar-refractivity contribution in [3.63, 3.8) is 0 Å². The first-order chi connectivity index (χ1) is 12.3. The minimum Gasteiger partial charge on any atom is -0.494 e. The molecule has 0 unspecified atom stereocenters. The first-order valence-electron chi connectivity index (χ1n) is 7.73. The molecule has 0 atom stereocenters. The fourth-order valence-electron chi connectivity index (χ4n) is 2.58. The van der Waals surface area contributed by atoms with Crippen molar-refractivity contribution in [3.8, 4) is 34.5 Å². The van der Waals surface area contributed by atoms with Gasteiger partial charge in [0.25, 0.3) is 5.89 Å². The summed E-state index contributed by atoms with van der Waals surface area (Å²) in [6.07, 6.45) is 0. The summed E-state index contributed by atoms with van der Waals surface area (Å²) < 4.78 is 12.9. The van der Waals surface area contributed by atoms with Crippen LogP contribution in [0.25, 0.3) is 28.7 Å². The molecule has 7 nitrogen and oxygen atoms in total. The van der Waals surface area contributed by atoms with Gasteiger partial charge in [-0.3, -0.25) is 0 Å². The second kappa shape index (κ2) is 6.20. The molecule has 0 aliphatic rings. The van der Waals surface area contributed by atoms with E-state index in [1.54, 1.807) is 11.8 Å². The topological polar surface area (TPSA) is 78.9 Å². The zero-order valence-corrected chi connectivity index (χ0v) is 13.7. The third-order valence-electron chi connectivity index (χ3n) is 3.86. The summed E-state index contributed by atoms with van der Waals surface area (Å²) in [5.74, 6) is 1.48. The number of para-hydroxylation sites is 2. The zero-order chi connectivity index (χ0) is 17.2. The van der Waals surface area contributed by atoms with Gasteiger partial charge in [-0.15, -0.1) is 15.3 Å². The third kappa shape index (κ3) is 2.65. The van der Waals surface area contributed by atoms with Crippen molar-refractivity contribution in [1.82, 2.24) is 25.2 Å². The number of methoxy groups -OCH3 is 1. The van der Waals surface area contributed by atoms with E-state index in [1.165, 1.54) is 0 Å². The molecule has 2 heterocycles. The Morgan fingerprint density at radius 3 is 2.40 bits per heavy atom. The van der Waals surface area contributed by atoms with Gasteiger partial charge < -0.3 is 9.15 Å². The molecular formula is C18H15N5O2. The molecule has 25 heavy (non-hydrogen) atoms. The van der Waals surface area contributed by atoms with Crippen LogP contribution < -0.4 is 4.74 Å². The number of hydrogen-bond acceptors (Lipinski definition) is 6. The number of benzene rings is 2. The van der Waals surface area contributed by atoms with E-state index in [2.05, 4.69) is 20.5 Å². The van der Waals surface area contributed by atoms with Crippen LogP contribution in [0.5, 0.6) is 5.75 Å². The molecule has 4 rings (SSSR count). The summed E-state index contributed by atoms with van der Waals surface area (Å²) in [5, 5.41) is 16.6. The largest absolute Gasteiger partial charge is 0.494 e. The van der Waals surface area contributed by atoms with Crippen LogP contribution in [0.3, 0.4) is 0 Å². The minimum absolute atomic E-state index is 0.331. The highest BCUT2D eigenvalue weighted by Gasteiger charge is 2.19. The van der Waals surface area contributed by atoms with Crippen molar-refractivity contribution in [2.75, 3.05) is 7.11 Å². The van der Waals surface area contributed by atoms with E-state index >= 15 is 0 Å². The third-order valence-corrected chi connectivity index (χ3v) is 3.86. The second-order valence-corrected chi connectivity index (χ2v) is 5.39. The maximum Gasteiger partial charge on any atom is 0.270 e. The Morgan fingerprint density at radius 2 is 1.60 bits per heavy atom. The average molecular weight is 333 g/mol. The summed E-state index contributed by atoms with van der Waals surface area (Å²) in [5.41, 5.74) is 2.98. The van der Waals surface area contributed by atoms with Gasteiger partial charge in [-0.1, -0.05) is 35.5 Å². The summed E-state index contributed by atoms with van der Waals surface area (Å²) >= 11 is 0. The van der Waals surface area contributed by atoms with Crippen molar-refractivity contribution >= 4 is 0 Å². The monoisotopic (exact) mass is 333 g/mol. The summed E-state index contributed by atoms with van der Waals surface area (Å²) in [6.45, 7) is 1.90. The van der Waals surface area contributed by atoms with Gasteiger partial charge in [0.2, 0.25) is 5.89 Å². The Morgan fingerprint density at radius 1 is 0.880 bits per heavy atom. The van der Waals surface area contributed by atoms with E-state index in [0.717, 1.165) is 16.9 Å². The molecule has 0 saturated heterocycles. The number of rotatable bonds is 4. The molecule has 124 valence electrons. The zero-order valence-electron chi connectivity index (χ0n) is 13.7. The summed E-state index contributed by atoms with van der Waals surface area (Å²) in [6, 6.07) is 17.2. The number of hydrogen-bond donors (Lipinski definition) is 0. The lowest BCUT2D eigenvalue weighted by molar-refractivity contribution is 0.411. The first kappa shape index (κ1) is 15.1. The lowest BCUT2D eigenvalue weighted by Crippen LogP contribution is -2.01. The van der Waals surface area contributed by atoms with E-state index in [0.29, 0.717) is 23.2 Å². The van der Waals surface area contributed by atoms with E-state index < -0.39 is 0 Å². The van der Waals surface area contributed by atoms with E-state index in [9.17, 15) is 0 Å². The quantitative estimate of drug-likeness (QED) is 0.570. The highest BCUT2D eigenvalue weighted by atomic mass is 16.5. The number of nitrogens with zero attached hydrogens (tertiary/aromatic N) is 5. The lowest BCUT2D eigenvalue weighted by atomic mass is 10.2. The van der Waals surface area contributed by atoms with Crippen molar-refractivity contribution < 1.29 is 9.15 Å². The number of aromatic nitrogens is 5. The predicted molar refractivity (Wildman–Crippen MR) is 91.4 cm³/mol. The maximum absolute atomic E-state index is 5.77. The average Bonchev–Trinajstić information content (AvgIpc) is 3.29. The van der Waals surface area contributed by atoms with Gasteiger partial charge >= 0.3 is 0 Å². The van der Waals surface area contributed by atoms with Crippen molar-refractivity contribution in [2.45, 2.75) is 6.92 Å². The second-order valence-electron chi connectivity index (χ2n) is 5.39. The Kier molecular flexibility index (Phi) is 3.74. The summed E-state index contributed by atoms with van der Waals surface area (Å²) in [4.78, 5) is 0. The van der Waals surface area contributed by atoms with Crippen LogP contribution in [-0.4, -0.2) is 32.3 Å². The van der Waals surface area contributed by atoms with Crippen molar-refractivity contribution in [1.29, 1.82) is 0 Å². The highest BCUT2D eigenvalue weighted by molar-refractivity contribution is 5.57. The van der Waals surface area contributed by atoms with Crippen LogP contribution in [0.2, 0.25) is 0 Å². The minimum atomic E-state index is 0.331. The molecule has 0 saturated carbocycles. The maximum atomic E-state index is 5.77. The van der Waals surface area contributed by atoms with Gasteiger partial charge in [-0.05, 0) is 31.2 Å². The van der Waals surface area contributed by atoms with Crippen LogP contribution in [0, 0.1) is 6.92 Å². The van der Waals surface area contributed by atoms with E-state index in [1.807, 2.05) is 61.5 Å². The van der Waals surface area contributed by atoms with Gasteiger partial charge in [0.15, 0.2) is 5.69 Å². The fraction of sp³-hybridized carbons (Fsp3) is 0.111. The Bertz CT molecular complexity index is 1010. The first-order valence-corrected chi connectivity index (χ1v) is 7.73. The number of ether oxygens (including phenoxy) is 1. The Hall–Kier alpha value is -3.48. The highest BCUT2D eigenvalue weighted by Crippen LogP contribution is 2.28. The molecule has 2 aromatic carbocycles. The van der Waals surface area contributed by atoms with Gasteiger partial charge in [0.05, 0.1) is 12.8 Å². The molecule has 0 aliphatic carbocycles. The Balaban J connectivity index is 1.74. The van der Waals surface area contributed by atoms with Crippen molar-refractivity contribution in [2.24, 2.45) is 0 Å². The molecule has 7 heteroatoms. The molecule has 0 aliphatic heterocycles. The van der Waals surface area contributed by atoms with Crippen LogP contribution >= 0.6 is 0 Å². The smallest absolute Gasteiger partial charge is 0.270 e. The van der Waals surface area contributed by atoms with Crippen LogP contribution in [0.1, 0.15) is 5.69 Å². The van der Waals surface area contributed by atoms with E-state index in [-0.39, 0.29) is 0 Å². The lowest BCUT2D eigenvalue weighted by Gasteiger charge is -2.08. The van der Waals surface area contributed by atoms with Crippen molar-refractivity contribution in [3.05, 3.63) is 60.3 Å². The fourth-order valence-corrected chi connectivity index (χ4v) is 2.58. The van der Waals surface area contributed by atoms with Crippen LogP contribution in [-0.2, 0) is 0 Å². The molecule has 0 fully saturated rings. The molecule has 0 amide bonds. The molecule has 2 aromatic heterocycles. The Labute approximate surface area is 143 Å². The molecular weight excluding hydrogens is 318 g/mol. The van der Waals surface area contributed by atoms with Gasteiger partial charge in [0, 0.05) is 5.56 Å². The predicted octanol–water partition coefficient (Wildman–Crippen LogP) is 3.30. The van der Waals surface area contributed by atoms with Crippen LogP contribution in [0.4, 0.5) is 0 Å². The normalized spacial score (nSPS) is 10.8. The molecule has 0 N–H and O–H groups in total. The van der Waals surface area contributed by atoms with E-state index in [4.69, 9.17) is 9.15 Å². The molecule has 0 bridgehead atoms. The van der Waals surface area contributed by atoms with Crippen LogP contribution in [0.15, 0.2) is 59.0 Å². The van der Waals surface area contributed by atoms with Gasteiger partial charge in [0.1, 0.15) is 11.4 Å². The SMILES string of the molecule is COc1ccccc1-n1nnc(-c2nnc(-c3ccccc3)o2)c1C.